The van der Waals surface area contributed by atoms with Gasteiger partial charge in [-0.3, -0.25) is 4.79 Å². The summed E-state index contributed by atoms with van der Waals surface area (Å²) in [6, 6.07) is 16.4. The van der Waals surface area contributed by atoms with Crippen LogP contribution in [0, 0.1) is 0 Å². The molecule has 0 bridgehead atoms. The van der Waals surface area contributed by atoms with Gasteiger partial charge in [-0.25, -0.2) is 0 Å². The van der Waals surface area contributed by atoms with Crippen LogP contribution < -0.4 is 5.32 Å². The van der Waals surface area contributed by atoms with Crippen LogP contribution in [0.1, 0.15) is 6.92 Å². The fourth-order valence-electron chi connectivity index (χ4n) is 1.99. The van der Waals surface area contributed by atoms with Crippen LogP contribution in [0.25, 0.3) is 11.1 Å². The zero-order chi connectivity index (χ0) is 16.9. The Hall–Kier alpha value is -2.34. The molecule has 0 aliphatic carbocycles. The molecule has 0 aliphatic rings. The standard InChI is InChI=1S/C17H16F3NO2/c1-12(23-11-17(18,19)20)16(22)21-15-10-6-5-9-14(15)13-7-3-2-4-8-13/h2-10,12H,11H2,1H3,(H,21,22). The maximum Gasteiger partial charge on any atom is 0.411 e. The summed E-state index contributed by atoms with van der Waals surface area (Å²) in [6.07, 6.45) is -5.67. The summed E-state index contributed by atoms with van der Waals surface area (Å²) in [5.74, 6) is -0.627. The van der Waals surface area contributed by atoms with Gasteiger partial charge < -0.3 is 10.1 Å². The number of para-hydroxylation sites is 1. The van der Waals surface area contributed by atoms with E-state index < -0.39 is 24.8 Å². The Labute approximate surface area is 132 Å². The van der Waals surface area contributed by atoms with Crippen molar-refractivity contribution >= 4 is 11.6 Å². The summed E-state index contributed by atoms with van der Waals surface area (Å²) < 4.78 is 41.0. The molecule has 3 nitrogen and oxygen atoms in total. The molecule has 2 aromatic carbocycles. The highest BCUT2D eigenvalue weighted by molar-refractivity contribution is 5.97. The highest BCUT2D eigenvalue weighted by atomic mass is 19.4. The Kier molecular flexibility index (Phi) is 5.39. The van der Waals surface area contributed by atoms with Crippen molar-refractivity contribution in [2.45, 2.75) is 19.2 Å². The van der Waals surface area contributed by atoms with Gasteiger partial charge in [-0.15, -0.1) is 0 Å². The van der Waals surface area contributed by atoms with Crippen LogP contribution in [0.4, 0.5) is 18.9 Å². The lowest BCUT2D eigenvalue weighted by molar-refractivity contribution is -0.184. The smallest absolute Gasteiger partial charge is 0.359 e. The Morgan fingerprint density at radius 2 is 1.70 bits per heavy atom. The molecule has 0 heterocycles. The first kappa shape index (κ1) is 17.0. The number of ether oxygens (including phenoxy) is 1. The number of anilines is 1. The molecule has 0 aliphatic heterocycles. The predicted molar refractivity (Wildman–Crippen MR) is 82.0 cm³/mol. The third kappa shape index (κ3) is 5.10. The van der Waals surface area contributed by atoms with Crippen molar-refractivity contribution in [1.82, 2.24) is 0 Å². The summed E-state index contributed by atoms with van der Waals surface area (Å²) in [5.41, 5.74) is 2.20. The maximum absolute atomic E-state index is 12.1. The fraction of sp³-hybridized carbons (Fsp3) is 0.235. The van der Waals surface area contributed by atoms with Crippen molar-refractivity contribution in [2.24, 2.45) is 0 Å². The fourth-order valence-corrected chi connectivity index (χ4v) is 1.99. The number of hydrogen-bond acceptors (Lipinski definition) is 2. The van der Waals surface area contributed by atoms with Gasteiger partial charge in [-0.2, -0.15) is 13.2 Å². The molecule has 0 radical (unpaired) electrons. The minimum Gasteiger partial charge on any atom is -0.359 e. The molecule has 0 saturated carbocycles. The Morgan fingerprint density at radius 1 is 1.09 bits per heavy atom. The number of hydrogen-bond donors (Lipinski definition) is 1. The van der Waals surface area contributed by atoms with E-state index in [-0.39, 0.29) is 0 Å². The molecule has 0 fully saturated rings. The number of alkyl halides is 3. The SMILES string of the molecule is CC(OCC(F)(F)F)C(=O)Nc1ccccc1-c1ccccc1. The summed E-state index contributed by atoms with van der Waals surface area (Å²) in [4.78, 5) is 12.0. The molecule has 1 unspecified atom stereocenters. The van der Waals surface area contributed by atoms with Gasteiger partial charge in [-0.1, -0.05) is 48.5 Å². The van der Waals surface area contributed by atoms with Crippen molar-refractivity contribution in [3.63, 3.8) is 0 Å². The van der Waals surface area contributed by atoms with Gasteiger partial charge in [0.15, 0.2) is 0 Å². The summed E-state index contributed by atoms with van der Waals surface area (Å²) in [6.45, 7) is -0.172. The molecule has 0 aromatic heterocycles. The normalized spacial score (nSPS) is 12.7. The highest BCUT2D eigenvalue weighted by Gasteiger charge is 2.30. The number of amides is 1. The van der Waals surface area contributed by atoms with Gasteiger partial charge in [0.05, 0.1) is 0 Å². The molecule has 2 aromatic rings. The third-order valence-electron chi connectivity index (χ3n) is 3.14. The van der Waals surface area contributed by atoms with Gasteiger partial charge in [-0.05, 0) is 18.6 Å². The molecule has 122 valence electrons. The van der Waals surface area contributed by atoms with E-state index in [2.05, 4.69) is 10.1 Å². The van der Waals surface area contributed by atoms with Crippen LogP contribution in [-0.4, -0.2) is 24.8 Å². The lowest BCUT2D eigenvalue weighted by Gasteiger charge is -2.16. The van der Waals surface area contributed by atoms with E-state index >= 15 is 0 Å². The van der Waals surface area contributed by atoms with Crippen LogP contribution in [0.15, 0.2) is 54.6 Å². The number of carbonyl (C=O) groups excluding carboxylic acids is 1. The second-order valence-electron chi connectivity index (χ2n) is 4.97. The molecular weight excluding hydrogens is 307 g/mol. The van der Waals surface area contributed by atoms with Crippen LogP contribution in [0.5, 0.6) is 0 Å². The van der Waals surface area contributed by atoms with Crippen LogP contribution in [0.3, 0.4) is 0 Å². The zero-order valence-electron chi connectivity index (χ0n) is 12.4. The predicted octanol–water partition coefficient (Wildman–Crippen LogP) is 4.26. The van der Waals surface area contributed by atoms with Crippen molar-refractivity contribution in [3.8, 4) is 11.1 Å². The van der Waals surface area contributed by atoms with E-state index in [1.807, 2.05) is 42.5 Å². The monoisotopic (exact) mass is 323 g/mol. The maximum atomic E-state index is 12.1. The van der Waals surface area contributed by atoms with Crippen molar-refractivity contribution in [3.05, 3.63) is 54.6 Å². The van der Waals surface area contributed by atoms with E-state index in [4.69, 9.17) is 0 Å². The van der Waals surface area contributed by atoms with Crippen LogP contribution in [-0.2, 0) is 9.53 Å². The quantitative estimate of drug-likeness (QED) is 0.893. The molecule has 0 saturated heterocycles. The number of nitrogens with one attached hydrogen (secondary N) is 1. The number of halogens is 3. The number of carbonyl (C=O) groups is 1. The Morgan fingerprint density at radius 3 is 2.35 bits per heavy atom. The van der Waals surface area contributed by atoms with E-state index in [1.54, 1.807) is 12.1 Å². The average Bonchev–Trinajstić information content (AvgIpc) is 2.53. The minimum atomic E-state index is -4.46. The van der Waals surface area contributed by atoms with E-state index in [0.29, 0.717) is 5.69 Å². The van der Waals surface area contributed by atoms with Crippen molar-refractivity contribution in [2.75, 3.05) is 11.9 Å². The van der Waals surface area contributed by atoms with Crippen molar-refractivity contribution in [1.29, 1.82) is 0 Å². The highest BCUT2D eigenvalue weighted by Crippen LogP contribution is 2.27. The molecule has 0 spiro atoms. The van der Waals surface area contributed by atoms with Crippen LogP contribution >= 0.6 is 0 Å². The van der Waals surface area contributed by atoms with Gasteiger partial charge >= 0.3 is 6.18 Å². The van der Waals surface area contributed by atoms with Gasteiger partial charge in [0.1, 0.15) is 12.7 Å². The first-order chi connectivity index (χ1) is 10.9. The number of rotatable bonds is 5. The summed E-state index contributed by atoms with van der Waals surface area (Å²) in [5, 5.41) is 2.61. The Balaban J connectivity index is 2.10. The minimum absolute atomic E-state index is 0.520. The van der Waals surface area contributed by atoms with E-state index in [9.17, 15) is 18.0 Å². The van der Waals surface area contributed by atoms with Gasteiger partial charge in [0.2, 0.25) is 0 Å². The Bertz CT molecular complexity index is 656. The lowest BCUT2D eigenvalue weighted by atomic mass is 10.0. The van der Waals surface area contributed by atoms with Gasteiger partial charge in [0, 0.05) is 11.3 Å². The second-order valence-corrected chi connectivity index (χ2v) is 4.97. The molecule has 6 heteroatoms. The molecule has 1 N–H and O–H groups in total. The topological polar surface area (TPSA) is 38.3 Å². The lowest BCUT2D eigenvalue weighted by Crippen LogP contribution is -2.31. The first-order valence-corrected chi connectivity index (χ1v) is 7.00. The van der Waals surface area contributed by atoms with Crippen molar-refractivity contribution < 1.29 is 22.7 Å². The largest absolute Gasteiger partial charge is 0.411 e. The molecule has 1 amide bonds. The van der Waals surface area contributed by atoms with Gasteiger partial charge in [0.25, 0.3) is 5.91 Å². The van der Waals surface area contributed by atoms with Crippen LogP contribution in [0.2, 0.25) is 0 Å². The van der Waals surface area contributed by atoms with E-state index in [0.717, 1.165) is 11.1 Å². The molecule has 1 atom stereocenters. The molecule has 23 heavy (non-hydrogen) atoms. The zero-order valence-corrected chi connectivity index (χ0v) is 12.4. The third-order valence-corrected chi connectivity index (χ3v) is 3.14. The molecule has 2 rings (SSSR count). The molecular formula is C17H16F3NO2. The summed E-state index contributed by atoms with van der Waals surface area (Å²) >= 11 is 0. The second kappa shape index (κ2) is 7.28. The van der Waals surface area contributed by atoms with E-state index in [1.165, 1.54) is 6.92 Å². The first-order valence-electron chi connectivity index (χ1n) is 7.00. The average molecular weight is 323 g/mol. The summed E-state index contributed by atoms with van der Waals surface area (Å²) in [7, 11) is 0. The number of benzene rings is 2.